The van der Waals surface area contributed by atoms with E-state index in [9.17, 15) is 4.79 Å². The summed E-state index contributed by atoms with van der Waals surface area (Å²) in [7, 11) is 0. The molecular weight excluding hydrogens is 242 g/mol. The molecule has 0 spiro atoms. The molecule has 2 aromatic rings. The SMILES string of the molecule is O=C(Nc1cnn(CCO)c1)Nc1nccs1. The predicted octanol–water partition coefficient (Wildman–Crippen LogP) is 0.976. The first-order chi connectivity index (χ1) is 8.28. The zero-order chi connectivity index (χ0) is 12.1. The van der Waals surface area contributed by atoms with Gasteiger partial charge >= 0.3 is 6.03 Å². The first-order valence-electron chi connectivity index (χ1n) is 4.89. The molecule has 2 amide bonds. The highest BCUT2D eigenvalue weighted by atomic mass is 32.1. The van der Waals surface area contributed by atoms with Gasteiger partial charge in [-0.2, -0.15) is 5.10 Å². The van der Waals surface area contributed by atoms with E-state index in [0.717, 1.165) is 0 Å². The van der Waals surface area contributed by atoms with E-state index in [1.54, 1.807) is 22.5 Å². The summed E-state index contributed by atoms with van der Waals surface area (Å²) in [5, 5.41) is 20.2. The molecule has 0 saturated carbocycles. The number of hydrogen-bond acceptors (Lipinski definition) is 5. The molecule has 0 bridgehead atoms. The first kappa shape index (κ1) is 11.6. The number of urea groups is 1. The van der Waals surface area contributed by atoms with Crippen LogP contribution in [0.4, 0.5) is 15.6 Å². The van der Waals surface area contributed by atoms with Gasteiger partial charge in [0.15, 0.2) is 5.13 Å². The number of carbonyl (C=O) groups excluding carboxylic acids is 1. The number of nitrogens with one attached hydrogen (secondary N) is 2. The van der Waals surface area contributed by atoms with E-state index in [0.29, 0.717) is 17.4 Å². The molecule has 0 atom stereocenters. The highest BCUT2D eigenvalue weighted by Crippen LogP contribution is 2.11. The van der Waals surface area contributed by atoms with Gasteiger partial charge in [0, 0.05) is 17.8 Å². The van der Waals surface area contributed by atoms with Gasteiger partial charge in [0.25, 0.3) is 0 Å². The van der Waals surface area contributed by atoms with Crippen LogP contribution in [0.5, 0.6) is 0 Å². The van der Waals surface area contributed by atoms with Crippen molar-refractivity contribution in [3.63, 3.8) is 0 Å². The topological polar surface area (TPSA) is 92.1 Å². The Morgan fingerprint density at radius 2 is 2.41 bits per heavy atom. The van der Waals surface area contributed by atoms with Crippen LogP contribution in [0.25, 0.3) is 0 Å². The average molecular weight is 253 g/mol. The number of aromatic nitrogens is 3. The fourth-order valence-corrected chi connectivity index (χ4v) is 1.72. The van der Waals surface area contributed by atoms with E-state index >= 15 is 0 Å². The maximum absolute atomic E-state index is 11.5. The Morgan fingerprint density at radius 1 is 1.53 bits per heavy atom. The number of carbonyl (C=O) groups is 1. The van der Waals surface area contributed by atoms with Gasteiger partial charge in [-0.3, -0.25) is 10.00 Å². The van der Waals surface area contributed by atoms with Crippen LogP contribution < -0.4 is 10.6 Å². The van der Waals surface area contributed by atoms with Gasteiger partial charge in [-0.1, -0.05) is 0 Å². The molecule has 3 N–H and O–H groups in total. The van der Waals surface area contributed by atoms with Crippen molar-refractivity contribution in [1.29, 1.82) is 0 Å². The fourth-order valence-electron chi connectivity index (χ4n) is 1.20. The van der Waals surface area contributed by atoms with Crippen molar-refractivity contribution in [2.45, 2.75) is 6.54 Å². The van der Waals surface area contributed by atoms with Gasteiger partial charge in [-0.05, 0) is 0 Å². The number of hydrogen-bond donors (Lipinski definition) is 3. The Hall–Kier alpha value is -1.93. The summed E-state index contributed by atoms with van der Waals surface area (Å²) in [6.45, 7) is 0.405. The zero-order valence-corrected chi connectivity index (χ0v) is 9.65. The summed E-state index contributed by atoms with van der Waals surface area (Å²) in [5.74, 6) is 0. The molecule has 0 fully saturated rings. The lowest BCUT2D eigenvalue weighted by Gasteiger charge is -2.01. The summed E-state index contributed by atoms with van der Waals surface area (Å²) in [6, 6.07) is -0.372. The van der Waals surface area contributed by atoms with E-state index in [2.05, 4.69) is 20.7 Å². The molecule has 2 heterocycles. The van der Waals surface area contributed by atoms with E-state index in [4.69, 9.17) is 5.11 Å². The molecule has 0 saturated heterocycles. The second kappa shape index (κ2) is 5.41. The molecule has 0 aromatic carbocycles. The molecule has 0 aliphatic carbocycles. The molecule has 0 aliphatic rings. The van der Waals surface area contributed by atoms with Crippen molar-refractivity contribution in [2.75, 3.05) is 17.2 Å². The van der Waals surface area contributed by atoms with Gasteiger partial charge in [-0.25, -0.2) is 9.78 Å². The number of nitrogens with zero attached hydrogens (tertiary/aromatic N) is 3. The van der Waals surface area contributed by atoms with Crippen LogP contribution in [0.3, 0.4) is 0 Å². The van der Waals surface area contributed by atoms with Crippen molar-refractivity contribution in [3.8, 4) is 0 Å². The lowest BCUT2D eigenvalue weighted by Crippen LogP contribution is -2.18. The van der Waals surface area contributed by atoms with Crippen molar-refractivity contribution in [3.05, 3.63) is 24.0 Å². The van der Waals surface area contributed by atoms with Crippen LogP contribution in [0.1, 0.15) is 0 Å². The Morgan fingerprint density at radius 3 is 3.12 bits per heavy atom. The molecule has 8 heteroatoms. The minimum atomic E-state index is -0.372. The molecule has 0 unspecified atom stereocenters. The zero-order valence-electron chi connectivity index (χ0n) is 8.83. The Bertz CT molecular complexity index is 481. The minimum Gasteiger partial charge on any atom is -0.394 e. The quantitative estimate of drug-likeness (QED) is 0.757. The standard InChI is InChI=1S/C9H11N5O2S/c15-3-2-14-6-7(5-11-14)12-8(16)13-9-10-1-4-17-9/h1,4-6,15H,2-3H2,(H2,10,12,13,16). The van der Waals surface area contributed by atoms with Crippen molar-refractivity contribution in [1.82, 2.24) is 14.8 Å². The lowest BCUT2D eigenvalue weighted by atomic mass is 10.5. The number of thiazole rings is 1. The molecular formula is C9H11N5O2S. The van der Waals surface area contributed by atoms with Gasteiger partial charge in [0.1, 0.15) is 0 Å². The van der Waals surface area contributed by atoms with Gasteiger partial charge in [0.05, 0.1) is 25.0 Å². The number of aliphatic hydroxyl groups is 1. The predicted molar refractivity (Wildman–Crippen MR) is 64.1 cm³/mol. The number of amides is 2. The summed E-state index contributed by atoms with van der Waals surface area (Å²) in [6.07, 6.45) is 4.76. The van der Waals surface area contributed by atoms with Gasteiger partial charge < -0.3 is 10.4 Å². The third-order valence-corrected chi connectivity index (χ3v) is 2.56. The van der Waals surface area contributed by atoms with Crippen LogP contribution in [-0.2, 0) is 6.54 Å². The van der Waals surface area contributed by atoms with Crippen LogP contribution in [0, 0.1) is 0 Å². The molecule has 2 rings (SSSR count). The summed E-state index contributed by atoms with van der Waals surface area (Å²) >= 11 is 1.34. The molecule has 0 aliphatic heterocycles. The monoisotopic (exact) mass is 253 g/mol. The van der Waals surface area contributed by atoms with E-state index < -0.39 is 0 Å². The Balaban J connectivity index is 1.89. The van der Waals surface area contributed by atoms with Crippen molar-refractivity contribution >= 4 is 28.2 Å². The molecule has 2 aromatic heterocycles. The normalized spacial score (nSPS) is 10.2. The molecule has 17 heavy (non-hydrogen) atoms. The van der Waals surface area contributed by atoms with E-state index in [-0.39, 0.29) is 12.6 Å². The van der Waals surface area contributed by atoms with Crippen molar-refractivity contribution < 1.29 is 9.90 Å². The van der Waals surface area contributed by atoms with Crippen LogP contribution in [0.2, 0.25) is 0 Å². The largest absolute Gasteiger partial charge is 0.394 e. The maximum atomic E-state index is 11.5. The third-order valence-electron chi connectivity index (χ3n) is 1.87. The second-order valence-electron chi connectivity index (χ2n) is 3.13. The minimum absolute atomic E-state index is 0.00638. The number of aliphatic hydroxyl groups excluding tert-OH is 1. The van der Waals surface area contributed by atoms with Crippen LogP contribution in [-0.4, -0.2) is 32.5 Å². The highest BCUT2D eigenvalue weighted by Gasteiger charge is 2.05. The summed E-state index contributed by atoms with van der Waals surface area (Å²) in [5.41, 5.74) is 0.563. The Labute approximate surface area is 101 Å². The summed E-state index contributed by atoms with van der Waals surface area (Å²) in [4.78, 5) is 15.4. The fraction of sp³-hybridized carbons (Fsp3) is 0.222. The second-order valence-corrected chi connectivity index (χ2v) is 4.03. The first-order valence-corrected chi connectivity index (χ1v) is 5.76. The average Bonchev–Trinajstić information content (AvgIpc) is 2.91. The van der Waals surface area contributed by atoms with Crippen molar-refractivity contribution in [2.24, 2.45) is 0 Å². The third kappa shape index (κ3) is 3.26. The number of rotatable bonds is 4. The molecule has 0 radical (unpaired) electrons. The number of anilines is 2. The highest BCUT2D eigenvalue weighted by molar-refractivity contribution is 7.13. The molecule has 90 valence electrons. The summed E-state index contributed by atoms with van der Waals surface area (Å²) < 4.78 is 1.54. The Kier molecular flexibility index (Phi) is 3.68. The molecule has 7 nitrogen and oxygen atoms in total. The van der Waals surface area contributed by atoms with Crippen LogP contribution in [0.15, 0.2) is 24.0 Å². The smallest absolute Gasteiger partial charge is 0.325 e. The maximum Gasteiger partial charge on any atom is 0.325 e. The van der Waals surface area contributed by atoms with Crippen LogP contribution >= 0.6 is 11.3 Å². The van der Waals surface area contributed by atoms with Gasteiger partial charge in [0.2, 0.25) is 0 Å². The van der Waals surface area contributed by atoms with E-state index in [1.165, 1.54) is 17.5 Å². The van der Waals surface area contributed by atoms with E-state index in [1.807, 2.05) is 0 Å². The van der Waals surface area contributed by atoms with Gasteiger partial charge in [-0.15, -0.1) is 11.3 Å². The lowest BCUT2D eigenvalue weighted by molar-refractivity contribution is 0.262.